The lowest BCUT2D eigenvalue weighted by Gasteiger charge is -2.34. The summed E-state index contributed by atoms with van der Waals surface area (Å²) in [7, 11) is 0. The molecule has 2 aliphatic heterocycles. The molecule has 2 saturated heterocycles. The molecule has 2 fully saturated rings. The molecule has 25 heavy (non-hydrogen) atoms. The number of nitriles is 1. The first kappa shape index (κ1) is 17.9. The Hall–Kier alpha value is -1.90. The fraction of sp³-hybridized carbons (Fsp3) is 0.600. The summed E-state index contributed by atoms with van der Waals surface area (Å²) in [5.74, 6) is 0.0507. The predicted molar refractivity (Wildman–Crippen MR) is 97.7 cm³/mol. The lowest BCUT2D eigenvalue weighted by atomic mass is 10.0. The van der Waals surface area contributed by atoms with Crippen LogP contribution in [0.25, 0.3) is 0 Å². The van der Waals surface area contributed by atoms with Gasteiger partial charge in [-0.1, -0.05) is 30.3 Å². The standard InChI is InChI=1S/C20H28N4O/c21-11-6-12-22-20(25)16-24-14-5-10-19(24)18-9-4-13-23(18)15-17-7-2-1-3-8-17/h1-3,7-8,18-19H,4-6,9-10,12-16H2,(H,22,25)/t18-,19-/m1/s1. The molecule has 1 N–H and O–H groups in total. The zero-order valence-corrected chi connectivity index (χ0v) is 14.9. The number of benzene rings is 1. The molecule has 0 aromatic heterocycles. The minimum atomic E-state index is 0.0507. The van der Waals surface area contributed by atoms with Gasteiger partial charge < -0.3 is 5.32 Å². The van der Waals surface area contributed by atoms with Crippen LogP contribution < -0.4 is 5.32 Å². The van der Waals surface area contributed by atoms with Gasteiger partial charge in [0.1, 0.15) is 0 Å². The van der Waals surface area contributed by atoms with E-state index in [-0.39, 0.29) is 5.91 Å². The van der Waals surface area contributed by atoms with Crippen molar-refractivity contribution in [3.8, 4) is 6.07 Å². The van der Waals surface area contributed by atoms with E-state index in [1.807, 2.05) is 0 Å². The van der Waals surface area contributed by atoms with Crippen molar-refractivity contribution in [3.63, 3.8) is 0 Å². The highest BCUT2D eigenvalue weighted by atomic mass is 16.2. The maximum atomic E-state index is 12.1. The number of hydrogen-bond acceptors (Lipinski definition) is 4. The fourth-order valence-corrected chi connectivity index (χ4v) is 4.28. The number of likely N-dealkylation sites (tertiary alicyclic amines) is 2. The average molecular weight is 340 g/mol. The van der Waals surface area contributed by atoms with E-state index >= 15 is 0 Å². The first-order valence-corrected chi connectivity index (χ1v) is 9.43. The summed E-state index contributed by atoms with van der Waals surface area (Å²) in [5, 5.41) is 11.4. The molecule has 1 aromatic rings. The lowest BCUT2D eigenvalue weighted by molar-refractivity contribution is -0.122. The molecule has 2 atom stereocenters. The second kappa shape index (κ2) is 8.98. The van der Waals surface area contributed by atoms with Gasteiger partial charge in [-0.2, -0.15) is 5.26 Å². The molecule has 1 aromatic carbocycles. The summed E-state index contributed by atoms with van der Waals surface area (Å²) in [4.78, 5) is 17.1. The van der Waals surface area contributed by atoms with Gasteiger partial charge in [0.05, 0.1) is 19.0 Å². The third kappa shape index (κ3) is 4.81. The third-order valence-corrected chi connectivity index (χ3v) is 5.41. The summed E-state index contributed by atoms with van der Waals surface area (Å²) in [5.41, 5.74) is 1.37. The van der Waals surface area contributed by atoms with Crippen LogP contribution in [0, 0.1) is 11.3 Å². The van der Waals surface area contributed by atoms with Crippen molar-refractivity contribution in [1.29, 1.82) is 5.26 Å². The van der Waals surface area contributed by atoms with Crippen molar-refractivity contribution in [1.82, 2.24) is 15.1 Å². The van der Waals surface area contributed by atoms with Gasteiger partial charge in [0, 0.05) is 25.2 Å². The van der Waals surface area contributed by atoms with E-state index in [1.54, 1.807) is 0 Å². The van der Waals surface area contributed by atoms with Crippen LogP contribution in [0.5, 0.6) is 0 Å². The Morgan fingerprint density at radius 3 is 2.52 bits per heavy atom. The van der Waals surface area contributed by atoms with Crippen molar-refractivity contribution >= 4 is 5.91 Å². The van der Waals surface area contributed by atoms with Gasteiger partial charge in [0.25, 0.3) is 0 Å². The van der Waals surface area contributed by atoms with Crippen molar-refractivity contribution in [2.75, 3.05) is 26.2 Å². The number of amides is 1. The lowest BCUT2D eigenvalue weighted by Crippen LogP contribution is -2.48. The molecule has 1 amide bonds. The van der Waals surface area contributed by atoms with E-state index in [4.69, 9.17) is 5.26 Å². The highest BCUT2D eigenvalue weighted by Crippen LogP contribution is 2.30. The van der Waals surface area contributed by atoms with Crippen LogP contribution in [0.1, 0.15) is 37.7 Å². The number of carbonyl (C=O) groups excluding carboxylic acids is 1. The SMILES string of the molecule is N#CCCNC(=O)CN1CCC[C@@H]1[C@H]1CCCN1Cc1ccccc1. The summed E-state index contributed by atoms with van der Waals surface area (Å²) >= 11 is 0. The summed E-state index contributed by atoms with van der Waals surface area (Å²) in [6.45, 7) is 4.08. The minimum Gasteiger partial charge on any atom is -0.354 e. The first-order valence-electron chi connectivity index (χ1n) is 9.43. The number of nitrogens with zero attached hydrogens (tertiary/aromatic N) is 3. The summed E-state index contributed by atoms with van der Waals surface area (Å²) < 4.78 is 0. The van der Waals surface area contributed by atoms with Crippen LogP contribution in [0.4, 0.5) is 0 Å². The van der Waals surface area contributed by atoms with Crippen molar-refractivity contribution < 1.29 is 4.79 Å². The highest BCUT2D eigenvalue weighted by molar-refractivity contribution is 5.78. The average Bonchev–Trinajstić information content (AvgIpc) is 3.25. The molecule has 5 nitrogen and oxygen atoms in total. The second-order valence-corrected chi connectivity index (χ2v) is 7.10. The van der Waals surface area contributed by atoms with E-state index in [0.717, 1.165) is 19.6 Å². The van der Waals surface area contributed by atoms with Crippen molar-refractivity contribution in [3.05, 3.63) is 35.9 Å². The smallest absolute Gasteiger partial charge is 0.234 e. The number of hydrogen-bond donors (Lipinski definition) is 1. The van der Waals surface area contributed by atoms with Gasteiger partial charge in [-0.05, 0) is 44.3 Å². The second-order valence-electron chi connectivity index (χ2n) is 7.10. The van der Waals surface area contributed by atoms with Crippen LogP contribution in [0.3, 0.4) is 0 Å². The third-order valence-electron chi connectivity index (χ3n) is 5.41. The summed E-state index contributed by atoms with van der Waals surface area (Å²) in [6, 6.07) is 13.8. The summed E-state index contributed by atoms with van der Waals surface area (Å²) in [6.07, 6.45) is 5.20. The molecule has 0 bridgehead atoms. The largest absolute Gasteiger partial charge is 0.354 e. The quantitative estimate of drug-likeness (QED) is 0.773. The van der Waals surface area contributed by atoms with Crippen LogP contribution in [0.2, 0.25) is 0 Å². The van der Waals surface area contributed by atoms with Gasteiger partial charge in [-0.3, -0.25) is 14.6 Å². The van der Waals surface area contributed by atoms with E-state index in [2.05, 4.69) is 51.5 Å². The number of nitrogens with one attached hydrogen (secondary N) is 1. The Bertz CT molecular complexity index is 597. The minimum absolute atomic E-state index is 0.0507. The molecule has 0 aliphatic carbocycles. The zero-order valence-electron chi connectivity index (χ0n) is 14.9. The molecule has 0 radical (unpaired) electrons. The maximum absolute atomic E-state index is 12.1. The van der Waals surface area contributed by atoms with Crippen LogP contribution in [-0.2, 0) is 11.3 Å². The van der Waals surface area contributed by atoms with E-state index in [0.29, 0.717) is 31.6 Å². The Morgan fingerprint density at radius 1 is 1.12 bits per heavy atom. The van der Waals surface area contributed by atoms with Gasteiger partial charge >= 0.3 is 0 Å². The van der Waals surface area contributed by atoms with Gasteiger partial charge in [-0.15, -0.1) is 0 Å². The molecule has 3 rings (SSSR count). The fourth-order valence-electron chi connectivity index (χ4n) is 4.28. The van der Waals surface area contributed by atoms with E-state index in [1.165, 1.54) is 31.2 Å². The van der Waals surface area contributed by atoms with Crippen LogP contribution in [-0.4, -0.2) is 54.0 Å². The Kier molecular flexibility index (Phi) is 6.43. The normalized spacial score (nSPS) is 24.3. The molecule has 0 unspecified atom stereocenters. The molecule has 0 saturated carbocycles. The van der Waals surface area contributed by atoms with Crippen molar-refractivity contribution in [2.24, 2.45) is 0 Å². The molecule has 5 heteroatoms. The maximum Gasteiger partial charge on any atom is 0.234 e. The molecule has 0 spiro atoms. The molecule has 2 heterocycles. The van der Waals surface area contributed by atoms with Crippen molar-refractivity contribution in [2.45, 2.75) is 50.7 Å². The molecular weight excluding hydrogens is 312 g/mol. The molecular formula is C20H28N4O. The first-order chi connectivity index (χ1) is 12.3. The van der Waals surface area contributed by atoms with E-state index in [9.17, 15) is 4.79 Å². The van der Waals surface area contributed by atoms with Crippen LogP contribution >= 0.6 is 0 Å². The topological polar surface area (TPSA) is 59.4 Å². The van der Waals surface area contributed by atoms with Gasteiger partial charge in [0.15, 0.2) is 0 Å². The Morgan fingerprint density at radius 2 is 1.80 bits per heavy atom. The Balaban J connectivity index is 1.57. The Labute approximate surface area is 150 Å². The van der Waals surface area contributed by atoms with E-state index < -0.39 is 0 Å². The van der Waals surface area contributed by atoms with Gasteiger partial charge in [0.2, 0.25) is 5.91 Å². The monoisotopic (exact) mass is 340 g/mol. The molecule has 134 valence electrons. The predicted octanol–water partition coefficient (Wildman–Crippen LogP) is 2.15. The number of rotatable bonds is 7. The number of carbonyl (C=O) groups is 1. The molecule has 2 aliphatic rings. The highest BCUT2D eigenvalue weighted by Gasteiger charge is 2.38. The van der Waals surface area contributed by atoms with Gasteiger partial charge in [-0.25, -0.2) is 0 Å². The zero-order chi connectivity index (χ0) is 17.5. The van der Waals surface area contributed by atoms with Crippen LogP contribution in [0.15, 0.2) is 30.3 Å².